The lowest BCUT2D eigenvalue weighted by molar-refractivity contribution is 0.369. The first-order chi connectivity index (χ1) is 10.4. The Bertz CT molecular complexity index is 724. The van der Waals surface area contributed by atoms with Gasteiger partial charge in [-0.25, -0.2) is 0 Å². The molecule has 0 spiro atoms. The number of furan rings is 1. The molecule has 0 aliphatic heterocycles. The van der Waals surface area contributed by atoms with E-state index < -0.39 is 0 Å². The van der Waals surface area contributed by atoms with Gasteiger partial charge in [0.05, 0.1) is 6.04 Å². The van der Waals surface area contributed by atoms with Gasteiger partial charge >= 0.3 is 0 Å². The molecule has 2 aromatic heterocycles. The second-order valence-corrected chi connectivity index (χ2v) is 6.75. The minimum atomic E-state index is 0.256. The highest BCUT2D eigenvalue weighted by atomic mass is 32.1. The third kappa shape index (κ3) is 2.21. The third-order valence-corrected chi connectivity index (χ3v) is 5.56. The van der Waals surface area contributed by atoms with Gasteiger partial charge in [-0.2, -0.15) is 0 Å². The minimum Gasteiger partial charge on any atom is -0.459 e. The summed E-state index contributed by atoms with van der Waals surface area (Å²) in [7, 11) is 2.04. The Morgan fingerprint density at radius 3 is 3.05 bits per heavy atom. The molecule has 2 unspecified atom stereocenters. The largest absolute Gasteiger partial charge is 0.459 e. The predicted octanol–water partition coefficient (Wildman–Crippen LogP) is 4.87. The number of rotatable bonds is 3. The number of benzene rings is 1. The van der Waals surface area contributed by atoms with Crippen molar-refractivity contribution in [2.24, 2.45) is 0 Å². The van der Waals surface area contributed by atoms with E-state index in [1.54, 1.807) is 4.88 Å². The molecule has 0 saturated heterocycles. The summed E-state index contributed by atoms with van der Waals surface area (Å²) in [6, 6.07) is 13.0. The lowest BCUT2D eigenvalue weighted by Crippen LogP contribution is -2.25. The Morgan fingerprint density at radius 1 is 1.29 bits per heavy atom. The van der Waals surface area contributed by atoms with Crippen LogP contribution in [0.3, 0.4) is 0 Å². The SMILES string of the molecule is CNC(c1cc2ccccc2o1)C1CCCc2sccc21. The first-order valence-electron chi connectivity index (χ1n) is 7.59. The molecule has 3 heteroatoms. The monoisotopic (exact) mass is 297 g/mol. The number of nitrogens with one attached hydrogen (secondary N) is 1. The van der Waals surface area contributed by atoms with Gasteiger partial charge in [-0.15, -0.1) is 11.3 Å². The van der Waals surface area contributed by atoms with E-state index in [4.69, 9.17) is 4.42 Å². The minimum absolute atomic E-state index is 0.256. The van der Waals surface area contributed by atoms with Gasteiger partial charge in [-0.3, -0.25) is 0 Å². The summed E-state index contributed by atoms with van der Waals surface area (Å²) >= 11 is 1.90. The van der Waals surface area contributed by atoms with Gasteiger partial charge in [-0.1, -0.05) is 18.2 Å². The number of thiophene rings is 1. The van der Waals surface area contributed by atoms with Crippen molar-refractivity contribution in [3.8, 4) is 0 Å². The number of hydrogen-bond acceptors (Lipinski definition) is 3. The van der Waals surface area contributed by atoms with E-state index in [0.717, 1.165) is 11.3 Å². The summed E-state index contributed by atoms with van der Waals surface area (Å²) in [4.78, 5) is 1.56. The fraction of sp³-hybridized carbons (Fsp3) is 0.333. The van der Waals surface area contributed by atoms with Crippen LogP contribution in [0.2, 0.25) is 0 Å². The van der Waals surface area contributed by atoms with Crippen LogP contribution in [0.5, 0.6) is 0 Å². The van der Waals surface area contributed by atoms with E-state index in [0.29, 0.717) is 5.92 Å². The number of fused-ring (bicyclic) bond motifs is 2. The first-order valence-corrected chi connectivity index (χ1v) is 8.47. The summed E-state index contributed by atoms with van der Waals surface area (Å²) in [5.74, 6) is 1.58. The Kier molecular flexibility index (Phi) is 3.32. The number of aryl methyl sites for hydroxylation is 1. The van der Waals surface area contributed by atoms with Crippen LogP contribution in [0.15, 0.2) is 46.2 Å². The van der Waals surface area contributed by atoms with Crippen LogP contribution in [0, 0.1) is 0 Å². The van der Waals surface area contributed by atoms with E-state index in [2.05, 4.69) is 35.0 Å². The average Bonchev–Trinajstić information content (AvgIpc) is 3.14. The lowest BCUT2D eigenvalue weighted by Gasteiger charge is -2.29. The first kappa shape index (κ1) is 13.1. The van der Waals surface area contributed by atoms with Crippen LogP contribution in [0.25, 0.3) is 11.0 Å². The van der Waals surface area contributed by atoms with Gasteiger partial charge in [0, 0.05) is 16.2 Å². The van der Waals surface area contributed by atoms with Crippen LogP contribution in [0.1, 0.15) is 41.0 Å². The van der Waals surface area contributed by atoms with Crippen molar-refractivity contribution >= 4 is 22.3 Å². The average molecular weight is 297 g/mol. The maximum absolute atomic E-state index is 6.11. The fourth-order valence-corrected chi connectivity index (χ4v) is 4.56. The van der Waals surface area contributed by atoms with Crippen LogP contribution < -0.4 is 5.32 Å². The lowest BCUT2D eigenvalue weighted by atomic mass is 9.81. The van der Waals surface area contributed by atoms with Crippen molar-refractivity contribution in [3.05, 3.63) is 58.0 Å². The molecule has 0 saturated carbocycles. The summed E-state index contributed by atoms with van der Waals surface area (Å²) < 4.78 is 6.11. The molecule has 1 aliphatic carbocycles. The number of likely N-dealkylation sites (N-methyl/N-ethyl adjacent to an activating group) is 1. The van der Waals surface area contributed by atoms with E-state index in [1.807, 2.05) is 30.5 Å². The molecule has 0 fully saturated rings. The van der Waals surface area contributed by atoms with E-state index >= 15 is 0 Å². The van der Waals surface area contributed by atoms with Crippen molar-refractivity contribution in [2.75, 3.05) is 7.05 Å². The maximum Gasteiger partial charge on any atom is 0.134 e. The van der Waals surface area contributed by atoms with Crippen LogP contribution in [-0.4, -0.2) is 7.05 Å². The topological polar surface area (TPSA) is 25.2 Å². The molecule has 21 heavy (non-hydrogen) atoms. The smallest absolute Gasteiger partial charge is 0.134 e. The normalized spacial score (nSPS) is 19.6. The van der Waals surface area contributed by atoms with Gasteiger partial charge in [0.25, 0.3) is 0 Å². The van der Waals surface area contributed by atoms with E-state index in [-0.39, 0.29) is 6.04 Å². The molecule has 1 N–H and O–H groups in total. The molecule has 2 heterocycles. The fourth-order valence-electron chi connectivity index (χ4n) is 3.57. The Hall–Kier alpha value is -1.58. The van der Waals surface area contributed by atoms with Crippen LogP contribution >= 0.6 is 11.3 Å². The molecule has 0 bridgehead atoms. The highest BCUT2D eigenvalue weighted by molar-refractivity contribution is 7.10. The Morgan fingerprint density at radius 2 is 2.19 bits per heavy atom. The Balaban J connectivity index is 1.75. The second kappa shape index (κ2) is 5.32. The summed E-state index contributed by atoms with van der Waals surface area (Å²) in [5, 5.41) is 6.91. The molecule has 3 aromatic rings. The molecule has 108 valence electrons. The van der Waals surface area contributed by atoms with Gasteiger partial charge < -0.3 is 9.73 Å². The molecular weight excluding hydrogens is 278 g/mol. The van der Waals surface area contributed by atoms with Gasteiger partial charge in [0.1, 0.15) is 11.3 Å². The van der Waals surface area contributed by atoms with E-state index in [1.165, 1.54) is 30.2 Å². The molecule has 1 aromatic carbocycles. The standard InChI is InChI=1S/C18H19NOS/c1-19-18(14-6-4-8-17-13(14)9-10-21-17)16-11-12-5-2-3-7-15(12)20-16/h2-3,5,7,9-11,14,18-19H,4,6,8H2,1H3. The third-order valence-electron chi connectivity index (χ3n) is 4.56. The van der Waals surface area contributed by atoms with Gasteiger partial charge in [0.15, 0.2) is 0 Å². The molecule has 1 aliphatic rings. The van der Waals surface area contributed by atoms with Crippen LogP contribution in [-0.2, 0) is 6.42 Å². The zero-order chi connectivity index (χ0) is 14.2. The second-order valence-electron chi connectivity index (χ2n) is 5.75. The van der Waals surface area contributed by atoms with Gasteiger partial charge in [-0.05, 0) is 55.5 Å². The van der Waals surface area contributed by atoms with Crippen molar-refractivity contribution in [3.63, 3.8) is 0 Å². The molecule has 0 amide bonds. The van der Waals surface area contributed by atoms with Crippen molar-refractivity contribution in [2.45, 2.75) is 31.2 Å². The summed E-state index contributed by atoms with van der Waals surface area (Å²) in [6.45, 7) is 0. The van der Waals surface area contributed by atoms with Crippen molar-refractivity contribution in [1.82, 2.24) is 5.32 Å². The molecular formula is C18H19NOS. The highest BCUT2D eigenvalue weighted by Gasteiger charge is 2.30. The molecule has 0 radical (unpaired) electrons. The van der Waals surface area contributed by atoms with Crippen molar-refractivity contribution < 1.29 is 4.42 Å². The number of hydrogen-bond donors (Lipinski definition) is 1. The highest BCUT2D eigenvalue weighted by Crippen LogP contribution is 2.43. The van der Waals surface area contributed by atoms with E-state index in [9.17, 15) is 0 Å². The Labute approximate surface area is 128 Å². The molecule has 2 nitrogen and oxygen atoms in total. The van der Waals surface area contributed by atoms with Crippen molar-refractivity contribution in [1.29, 1.82) is 0 Å². The summed E-state index contributed by atoms with van der Waals surface area (Å²) in [6.07, 6.45) is 3.74. The maximum atomic E-state index is 6.11. The molecule has 4 rings (SSSR count). The molecule has 2 atom stereocenters. The predicted molar refractivity (Wildman–Crippen MR) is 88.0 cm³/mol. The van der Waals surface area contributed by atoms with Gasteiger partial charge in [0.2, 0.25) is 0 Å². The zero-order valence-corrected chi connectivity index (χ0v) is 13.0. The van der Waals surface area contributed by atoms with Crippen LogP contribution in [0.4, 0.5) is 0 Å². The quantitative estimate of drug-likeness (QED) is 0.745. The summed E-state index contributed by atoms with van der Waals surface area (Å²) in [5.41, 5.74) is 2.50. The number of para-hydroxylation sites is 1. The zero-order valence-electron chi connectivity index (χ0n) is 12.1.